The van der Waals surface area contributed by atoms with E-state index in [1.807, 2.05) is 6.92 Å². The van der Waals surface area contributed by atoms with Gasteiger partial charge in [-0.3, -0.25) is 0 Å². The van der Waals surface area contributed by atoms with Crippen LogP contribution in [-0.4, -0.2) is 39.6 Å². The van der Waals surface area contributed by atoms with Crippen LogP contribution < -0.4 is 11.1 Å². The van der Waals surface area contributed by atoms with Gasteiger partial charge in [-0.2, -0.15) is 0 Å². The van der Waals surface area contributed by atoms with E-state index in [1.165, 1.54) is 6.26 Å². The topological polar surface area (TPSA) is 72.2 Å². The van der Waals surface area contributed by atoms with Crippen LogP contribution in [0.4, 0.5) is 0 Å². The number of sulfone groups is 1. The largest absolute Gasteiger partial charge is 0.330 e. The Labute approximate surface area is 74.4 Å². The fourth-order valence-electron chi connectivity index (χ4n) is 0.964. The van der Waals surface area contributed by atoms with E-state index in [1.54, 1.807) is 0 Å². The van der Waals surface area contributed by atoms with Crippen LogP contribution in [-0.2, 0) is 9.84 Å². The van der Waals surface area contributed by atoms with Gasteiger partial charge in [0.25, 0.3) is 0 Å². The summed E-state index contributed by atoms with van der Waals surface area (Å²) in [6.45, 7) is 3.28. The molecular weight excluding hydrogens is 176 g/mol. The van der Waals surface area contributed by atoms with Crippen LogP contribution in [0, 0.1) is 0 Å². The average Bonchev–Trinajstić information content (AvgIpc) is 1.84. The molecule has 0 aromatic rings. The first-order valence-corrected chi connectivity index (χ1v) is 6.13. The second-order valence-corrected chi connectivity index (χ2v) is 5.27. The van der Waals surface area contributed by atoms with Gasteiger partial charge in [-0.25, -0.2) is 8.42 Å². The second-order valence-electron chi connectivity index (χ2n) is 3.09. The molecule has 0 aliphatic carbocycles. The highest BCUT2D eigenvalue weighted by atomic mass is 32.2. The van der Waals surface area contributed by atoms with Gasteiger partial charge in [0.05, 0.1) is 5.75 Å². The van der Waals surface area contributed by atoms with E-state index < -0.39 is 9.84 Å². The first-order chi connectivity index (χ1) is 5.45. The normalized spacial score (nSPS) is 14.6. The van der Waals surface area contributed by atoms with Crippen molar-refractivity contribution in [2.75, 3.05) is 25.1 Å². The number of nitrogens with two attached hydrogens (primary N) is 1. The number of rotatable bonds is 6. The van der Waals surface area contributed by atoms with Crippen LogP contribution in [0.5, 0.6) is 0 Å². The van der Waals surface area contributed by atoms with Gasteiger partial charge >= 0.3 is 0 Å². The highest BCUT2D eigenvalue weighted by molar-refractivity contribution is 7.90. The van der Waals surface area contributed by atoms with Crippen LogP contribution in [0.3, 0.4) is 0 Å². The molecule has 74 valence electrons. The summed E-state index contributed by atoms with van der Waals surface area (Å²) >= 11 is 0. The minimum atomic E-state index is -2.85. The van der Waals surface area contributed by atoms with Crippen molar-refractivity contribution in [2.24, 2.45) is 5.73 Å². The maximum atomic E-state index is 10.8. The Bertz CT molecular complexity index is 201. The third-order valence-electron chi connectivity index (χ3n) is 1.43. The zero-order valence-electron chi connectivity index (χ0n) is 7.71. The van der Waals surface area contributed by atoms with Crippen molar-refractivity contribution in [1.82, 2.24) is 5.32 Å². The monoisotopic (exact) mass is 194 g/mol. The molecule has 0 saturated heterocycles. The molecule has 12 heavy (non-hydrogen) atoms. The van der Waals surface area contributed by atoms with Gasteiger partial charge in [-0.15, -0.1) is 0 Å². The number of hydrogen-bond acceptors (Lipinski definition) is 4. The fraction of sp³-hybridized carbons (Fsp3) is 1.00. The maximum Gasteiger partial charge on any atom is 0.148 e. The van der Waals surface area contributed by atoms with Crippen molar-refractivity contribution in [2.45, 2.75) is 19.4 Å². The number of hydrogen-bond donors (Lipinski definition) is 2. The lowest BCUT2D eigenvalue weighted by atomic mass is 10.3. The van der Waals surface area contributed by atoms with Gasteiger partial charge in [0, 0.05) is 12.3 Å². The van der Waals surface area contributed by atoms with Gasteiger partial charge in [0.1, 0.15) is 9.84 Å². The summed E-state index contributed by atoms with van der Waals surface area (Å²) in [6.07, 6.45) is 2.13. The Morgan fingerprint density at radius 1 is 1.50 bits per heavy atom. The van der Waals surface area contributed by atoms with E-state index in [4.69, 9.17) is 5.73 Å². The number of nitrogens with one attached hydrogen (secondary N) is 1. The molecule has 0 aliphatic heterocycles. The molecule has 5 heteroatoms. The molecule has 0 spiro atoms. The Morgan fingerprint density at radius 3 is 2.50 bits per heavy atom. The van der Waals surface area contributed by atoms with E-state index in [9.17, 15) is 8.42 Å². The fourth-order valence-corrected chi connectivity index (χ4v) is 1.99. The molecule has 0 rings (SSSR count). The molecule has 4 nitrogen and oxygen atoms in total. The molecule has 0 fully saturated rings. The van der Waals surface area contributed by atoms with E-state index in [0.29, 0.717) is 6.54 Å². The molecule has 1 atom stereocenters. The predicted octanol–water partition coefficient (Wildman–Crippen LogP) is -0.642. The molecule has 0 aliphatic rings. The highest BCUT2D eigenvalue weighted by Crippen LogP contribution is 1.89. The van der Waals surface area contributed by atoms with Crippen molar-refractivity contribution in [3.05, 3.63) is 0 Å². The smallest absolute Gasteiger partial charge is 0.148 e. The second kappa shape index (κ2) is 5.50. The zero-order valence-corrected chi connectivity index (χ0v) is 8.52. The first-order valence-electron chi connectivity index (χ1n) is 4.07. The minimum Gasteiger partial charge on any atom is -0.330 e. The molecule has 0 amide bonds. The minimum absolute atomic E-state index is 0.0200. The van der Waals surface area contributed by atoms with Crippen molar-refractivity contribution >= 4 is 9.84 Å². The molecule has 3 N–H and O–H groups in total. The van der Waals surface area contributed by atoms with Crippen LogP contribution >= 0.6 is 0 Å². The van der Waals surface area contributed by atoms with Gasteiger partial charge in [-0.05, 0) is 26.4 Å². The van der Waals surface area contributed by atoms with E-state index in [2.05, 4.69) is 5.32 Å². The summed E-state index contributed by atoms with van der Waals surface area (Å²) in [5.41, 5.74) is 5.28. The summed E-state index contributed by atoms with van der Waals surface area (Å²) in [5, 5.41) is 3.08. The van der Waals surface area contributed by atoms with Crippen LogP contribution in [0.1, 0.15) is 13.3 Å². The standard InChI is InChI=1S/C7H18N2O2S/c1-7(6-12(2,10)11)9-5-3-4-8/h7,9H,3-6,8H2,1-2H3. The van der Waals surface area contributed by atoms with Crippen LogP contribution in [0.2, 0.25) is 0 Å². The summed E-state index contributed by atoms with van der Waals surface area (Å²) < 4.78 is 21.6. The molecule has 0 radical (unpaired) electrons. The average molecular weight is 194 g/mol. The molecular formula is C7H18N2O2S. The lowest BCUT2D eigenvalue weighted by Gasteiger charge is -2.11. The quantitative estimate of drug-likeness (QED) is 0.552. The van der Waals surface area contributed by atoms with Crippen molar-refractivity contribution < 1.29 is 8.42 Å². The van der Waals surface area contributed by atoms with Crippen LogP contribution in [0.15, 0.2) is 0 Å². The van der Waals surface area contributed by atoms with Crippen molar-refractivity contribution in [3.63, 3.8) is 0 Å². The maximum absolute atomic E-state index is 10.8. The molecule has 1 unspecified atom stereocenters. The summed E-state index contributed by atoms with van der Waals surface area (Å²) in [5.74, 6) is 0.192. The predicted molar refractivity (Wildman–Crippen MR) is 50.8 cm³/mol. The van der Waals surface area contributed by atoms with Gasteiger partial charge < -0.3 is 11.1 Å². The van der Waals surface area contributed by atoms with Gasteiger partial charge in [0.15, 0.2) is 0 Å². The Morgan fingerprint density at radius 2 is 2.08 bits per heavy atom. The lowest BCUT2D eigenvalue weighted by molar-refractivity contribution is 0.553. The molecule has 0 aromatic heterocycles. The Hall–Kier alpha value is -0.130. The summed E-state index contributed by atoms with van der Waals surface area (Å²) in [7, 11) is -2.85. The molecule has 0 bridgehead atoms. The van der Waals surface area contributed by atoms with Gasteiger partial charge in [0.2, 0.25) is 0 Å². The Kier molecular flexibility index (Phi) is 5.44. The zero-order chi connectivity index (χ0) is 9.61. The summed E-state index contributed by atoms with van der Waals surface area (Å²) in [6, 6.07) is 0.0200. The highest BCUT2D eigenvalue weighted by Gasteiger charge is 2.08. The Balaban J connectivity index is 3.53. The lowest BCUT2D eigenvalue weighted by Crippen LogP contribution is -2.33. The SMILES string of the molecule is CC(CS(C)(=O)=O)NCCCN. The van der Waals surface area contributed by atoms with Gasteiger partial charge in [-0.1, -0.05) is 0 Å². The van der Waals surface area contributed by atoms with E-state index >= 15 is 0 Å². The first kappa shape index (κ1) is 11.9. The molecule has 0 heterocycles. The van der Waals surface area contributed by atoms with Crippen molar-refractivity contribution in [3.8, 4) is 0 Å². The van der Waals surface area contributed by atoms with E-state index in [-0.39, 0.29) is 11.8 Å². The summed E-state index contributed by atoms with van der Waals surface area (Å²) in [4.78, 5) is 0. The van der Waals surface area contributed by atoms with Crippen molar-refractivity contribution in [1.29, 1.82) is 0 Å². The third-order valence-corrected chi connectivity index (χ3v) is 2.53. The third kappa shape index (κ3) is 7.97. The molecule has 0 aromatic carbocycles. The van der Waals surface area contributed by atoms with E-state index in [0.717, 1.165) is 13.0 Å². The molecule has 0 saturated carbocycles. The van der Waals surface area contributed by atoms with Crippen LogP contribution in [0.25, 0.3) is 0 Å².